The first-order valence-electron chi connectivity index (χ1n) is 6.25. The Bertz CT molecular complexity index is 797. The second-order valence-corrected chi connectivity index (χ2v) is 5.80. The van der Waals surface area contributed by atoms with Crippen LogP contribution in [0.4, 0.5) is 5.82 Å². The number of benzene rings is 1. The number of hydrogen-bond donors (Lipinski definition) is 1. The monoisotopic (exact) mass is 299 g/mol. The molecule has 0 atom stereocenters. The van der Waals surface area contributed by atoms with Gasteiger partial charge in [0.15, 0.2) is 5.17 Å². The second-order valence-electron chi connectivity index (χ2n) is 4.73. The average Bonchev–Trinajstić information content (AvgIpc) is 2.76. The van der Waals surface area contributed by atoms with E-state index >= 15 is 0 Å². The number of aliphatic imine (C=N–C) groups is 1. The minimum absolute atomic E-state index is 0.282. The summed E-state index contributed by atoms with van der Waals surface area (Å²) in [7, 11) is 3.86. The number of nitrogens with zero attached hydrogens (tertiary/aromatic N) is 4. The van der Waals surface area contributed by atoms with Gasteiger partial charge in [-0.05, 0) is 35.5 Å². The number of nitrogens with two attached hydrogens (primary N) is 1. The van der Waals surface area contributed by atoms with E-state index in [-0.39, 0.29) is 11.1 Å². The molecule has 1 amide bonds. The van der Waals surface area contributed by atoms with E-state index < -0.39 is 0 Å². The smallest absolute Gasteiger partial charge is 0.286 e. The molecule has 0 saturated carbocycles. The Morgan fingerprint density at radius 2 is 2.10 bits per heavy atom. The standard InChI is InChI=1S/C14H13N5OS/c1-19(2)12-9-5-8(3-4-10(9)16-7-17-12)6-11-13(20)18-14(15)21-11/h3-7H,1-2H3,(H2,15,18,20). The van der Waals surface area contributed by atoms with Gasteiger partial charge in [-0.1, -0.05) is 6.07 Å². The molecule has 21 heavy (non-hydrogen) atoms. The quantitative estimate of drug-likeness (QED) is 0.848. The van der Waals surface area contributed by atoms with Crippen LogP contribution < -0.4 is 10.6 Å². The summed E-state index contributed by atoms with van der Waals surface area (Å²) in [5.74, 6) is 0.538. The third-order valence-corrected chi connectivity index (χ3v) is 3.81. The molecule has 0 bridgehead atoms. The third-order valence-electron chi connectivity index (χ3n) is 3.00. The average molecular weight is 299 g/mol. The molecule has 7 heteroatoms. The van der Waals surface area contributed by atoms with Crippen molar-refractivity contribution in [3.63, 3.8) is 0 Å². The lowest BCUT2D eigenvalue weighted by Gasteiger charge is -2.13. The van der Waals surface area contributed by atoms with Crippen molar-refractivity contribution in [2.45, 2.75) is 0 Å². The van der Waals surface area contributed by atoms with E-state index in [1.165, 1.54) is 11.8 Å². The number of thioether (sulfide) groups is 1. The first kappa shape index (κ1) is 13.6. The van der Waals surface area contributed by atoms with E-state index in [1.807, 2.05) is 37.2 Å². The fourth-order valence-electron chi connectivity index (χ4n) is 2.08. The Balaban J connectivity index is 2.07. The maximum atomic E-state index is 11.6. The van der Waals surface area contributed by atoms with Crippen molar-refractivity contribution in [2.75, 3.05) is 19.0 Å². The Morgan fingerprint density at radius 3 is 2.76 bits per heavy atom. The number of amidine groups is 1. The van der Waals surface area contributed by atoms with Crippen LogP contribution in [0.15, 0.2) is 34.4 Å². The molecule has 1 aliphatic rings. The van der Waals surface area contributed by atoms with E-state index in [0.29, 0.717) is 4.91 Å². The highest BCUT2D eigenvalue weighted by atomic mass is 32.2. The van der Waals surface area contributed by atoms with Gasteiger partial charge in [0.05, 0.1) is 10.4 Å². The predicted octanol–water partition coefficient (Wildman–Crippen LogP) is 1.62. The molecule has 2 N–H and O–H groups in total. The lowest BCUT2D eigenvalue weighted by atomic mass is 10.1. The third kappa shape index (κ3) is 2.59. The summed E-state index contributed by atoms with van der Waals surface area (Å²) in [5.41, 5.74) is 7.30. The van der Waals surface area contributed by atoms with E-state index in [0.717, 1.165) is 22.3 Å². The zero-order valence-electron chi connectivity index (χ0n) is 11.6. The molecule has 0 saturated heterocycles. The van der Waals surface area contributed by atoms with Crippen molar-refractivity contribution < 1.29 is 4.79 Å². The van der Waals surface area contributed by atoms with Crippen LogP contribution in [-0.4, -0.2) is 35.1 Å². The normalized spacial score (nSPS) is 16.6. The zero-order valence-corrected chi connectivity index (χ0v) is 12.4. The Morgan fingerprint density at radius 1 is 1.29 bits per heavy atom. The summed E-state index contributed by atoms with van der Waals surface area (Å²) in [6.07, 6.45) is 3.32. The molecule has 106 valence electrons. The highest BCUT2D eigenvalue weighted by Gasteiger charge is 2.19. The van der Waals surface area contributed by atoms with Crippen LogP contribution in [0.25, 0.3) is 17.0 Å². The number of carbonyl (C=O) groups excluding carboxylic acids is 1. The molecule has 0 radical (unpaired) electrons. The number of fused-ring (bicyclic) bond motifs is 1. The van der Waals surface area contributed by atoms with Gasteiger partial charge in [0, 0.05) is 19.5 Å². The molecular weight excluding hydrogens is 286 g/mol. The fourth-order valence-corrected chi connectivity index (χ4v) is 2.77. The number of amides is 1. The lowest BCUT2D eigenvalue weighted by molar-refractivity contribution is -0.113. The summed E-state index contributed by atoms with van der Waals surface area (Å²) in [5, 5.41) is 1.21. The van der Waals surface area contributed by atoms with Crippen molar-refractivity contribution in [1.29, 1.82) is 0 Å². The molecule has 0 spiro atoms. The summed E-state index contributed by atoms with van der Waals surface area (Å²) in [6, 6.07) is 5.77. The van der Waals surface area contributed by atoms with Crippen molar-refractivity contribution in [3.05, 3.63) is 35.0 Å². The summed E-state index contributed by atoms with van der Waals surface area (Å²) in [4.78, 5) is 26.3. The number of anilines is 1. The molecule has 6 nitrogen and oxygen atoms in total. The molecule has 3 rings (SSSR count). The number of hydrogen-bond acceptors (Lipinski definition) is 6. The zero-order chi connectivity index (χ0) is 15.0. The maximum Gasteiger partial charge on any atom is 0.286 e. The maximum absolute atomic E-state index is 11.6. The molecule has 2 heterocycles. The molecule has 1 aromatic heterocycles. The molecule has 2 aromatic rings. The number of rotatable bonds is 2. The summed E-state index contributed by atoms with van der Waals surface area (Å²) in [6.45, 7) is 0. The van der Waals surface area contributed by atoms with Gasteiger partial charge in [-0.25, -0.2) is 9.97 Å². The van der Waals surface area contributed by atoms with Gasteiger partial charge in [0.1, 0.15) is 12.1 Å². The van der Waals surface area contributed by atoms with Crippen LogP contribution in [0.2, 0.25) is 0 Å². The molecule has 0 unspecified atom stereocenters. The highest BCUT2D eigenvalue weighted by molar-refractivity contribution is 8.18. The molecular formula is C14H13N5OS. The predicted molar refractivity (Wildman–Crippen MR) is 86.1 cm³/mol. The van der Waals surface area contributed by atoms with Gasteiger partial charge >= 0.3 is 0 Å². The van der Waals surface area contributed by atoms with E-state index in [4.69, 9.17) is 5.73 Å². The van der Waals surface area contributed by atoms with Gasteiger partial charge in [-0.2, -0.15) is 4.99 Å². The minimum Gasteiger partial charge on any atom is -0.378 e. The van der Waals surface area contributed by atoms with E-state index in [1.54, 1.807) is 12.4 Å². The van der Waals surface area contributed by atoms with Gasteiger partial charge in [-0.15, -0.1) is 0 Å². The van der Waals surface area contributed by atoms with Crippen LogP contribution in [-0.2, 0) is 4.79 Å². The van der Waals surface area contributed by atoms with Gasteiger partial charge < -0.3 is 10.6 Å². The minimum atomic E-state index is -0.297. The molecule has 1 aliphatic heterocycles. The topological polar surface area (TPSA) is 84.5 Å². The first-order valence-corrected chi connectivity index (χ1v) is 7.06. The lowest BCUT2D eigenvalue weighted by Crippen LogP contribution is -2.11. The fraction of sp³-hybridized carbons (Fsp3) is 0.143. The van der Waals surface area contributed by atoms with Crippen LogP contribution in [0, 0.1) is 0 Å². The first-order chi connectivity index (χ1) is 10.0. The van der Waals surface area contributed by atoms with Crippen LogP contribution in [0.3, 0.4) is 0 Å². The molecule has 0 aliphatic carbocycles. The van der Waals surface area contributed by atoms with Crippen molar-refractivity contribution in [3.8, 4) is 0 Å². The van der Waals surface area contributed by atoms with Gasteiger partial charge in [0.2, 0.25) is 0 Å². The van der Waals surface area contributed by atoms with Crippen molar-refractivity contribution in [2.24, 2.45) is 10.7 Å². The van der Waals surface area contributed by atoms with E-state index in [2.05, 4.69) is 15.0 Å². The van der Waals surface area contributed by atoms with Crippen LogP contribution in [0.5, 0.6) is 0 Å². The van der Waals surface area contributed by atoms with Gasteiger partial charge in [-0.3, -0.25) is 4.79 Å². The summed E-state index contributed by atoms with van der Waals surface area (Å²) < 4.78 is 0. The molecule has 0 fully saturated rings. The van der Waals surface area contributed by atoms with E-state index in [9.17, 15) is 4.79 Å². The Hall–Kier alpha value is -2.41. The number of carbonyl (C=O) groups is 1. The van der Waals surface area contributed by atoms with Crippen molar-refractivity contribution in [1.82, 2.24) is 9.97 Å². The van der Waals surface area contributed by atoms with Crippen LogP contribution >= 0.6 is 11.8 Å². The Labute approximate surface area is 125 Å². The Kier molecular flexibility index (Phi) is 3.34. The SMILES string of the molecule is CN(C)c1ncnc2ccc(C=C3SC(N)=NC3=O)cc12. The second kappa shape index (κ2) is 5.17. The number of aromatic nitrogens is 2. The van der Waals surface area contributed by atoms with Gasteiger partial charge in [0.25, 0.3) is 5.91 Å². The summed E-state index contributed by atoms with van der Waals surface area (Å²) >= 11 is 1.18. The van der Waals surface area contributed by atoms with Crippen molar-refractivity contribution >= 4 is 45.6 Å². The largest absolute Gasteiger partial charge is 0.378 e. The van der Waals surface area contributed by atoms with Crippen LogP contribution in [0.1, 0.15) is 5.56 Å². The molecule has 1 aromatic carbocycles. The highest BCUT2D eigenvalue weighted by Crippen LogP contribution is 2.28.